The summed E-state index contributed by atoms with van der Waals surface area (Å²) < 4.78 is 1.84. The summed E-state index contributed by atoms with van der Waals surface area (Å²) in [4.78, 5) is 0. The van der Waals surface area contributed by atoms with Gasteiger partial charge in [-0.25, -0.2) is 0 Å². The van der Waals surface area contributed by atoms with Crippen LogP contribution < -0.4 is 5.73 Å². The highest BCUT2D eigenvalue weighted by Gasteiger charge is 2.49. The standard InChI is InChI=1S/C16H21N3/c1-3-7-13-14(18-19(2)15(13)17)16(10-11-16)12-8-5-4-6-9-12/h4-6,8-9H,3,7,10-11,17H2,1-2H3. The van der Waals surface area contributed by atoms with Crippen molar-refractivity contribution in [2.75, 3.05) is 5.73 Å². The molecule has 0 spiro atoms. The minimum absolute atomic E-state index is 0.126. The number of aromatic nitrogens is 2. The third-order valence-electron chi connectivity index (χ3n) is 4.22. The van der Waals surface area contributed by atoms with E-state index >= 15 is 0 Å². The first-order valence-corrected chi connectivity index (χ1v) is 7.06. The first-order chi connectivity index (χ1) is 9.19. The molecule has 1 saturated carbocycles. The van der Waals surface area contributed by atoms with Crippen LogP contribution in [0.4, 0.5) is 5.82 Å². The van der Waals surface area contributed by atoms with E-state index in [4.69, 9.17) is 10.8 Å². The molecule has 0 radical (unpaired) electrons. The van der Waals surface area contributed by atoms with Crippen LogP contribution in [0.1, 0.15) is 43.0 Å². The lowest BCUT2D eigenvalue weighted by molar-refractivity contribution is 0.705. The van der Waals surface area contributed by atoms with Crippen molar-refractivity contribution in [2.24, 2.45) is 7.05 Å². The number of anilines is 1. The third kappa shape index (κ3) is 1.84. The molecule has 3 nitrogen and oxygen atoms in total. The van der Waals surface area contributed by atoms with Gasteiger partial charge in [-0.2, -0.15) is 5.10 Å². The van der Waals surface area contributed by atoms with Gasteiger partial charge in [0.2, 0.25) is 0 Å². The number of hydrogen-bond acceptors (Lipinski definition) is 2. The SMILES string of the molecule is CCCc1c(C2(c3ccccc3)CC2)nn(C)c1N. The molecular weight excluding hydrogens is 234 g/mol. The molecule has 100 valence electrons. The van der Waals surface area contributed by atoms with E-state index in [9.17, 15) is 0 Å². The first-order valence-electron chi connectivity index (χ1n) is 7.06. The summed E-state index contributed by atoms with van der Waals surface area (Å²) in [6, 6.07) is 10.7. The van der Waals surface area contributed by atoms with Crippen LogP contribution in [0.3, 0.4) is 0 Å². The summed E-state index contributed by atoms with van der Waals surface area (Å²) in [7, 11) is 1.94. The van der Waals surface area contributed by atoms with Crippen LogP contribution in [-0.4, -0.2) is 9.78 Å². The molecule has 2 aromatic rings. The predicted octanol–water partition coefficient (Wildman–Crippen LogP) is 3.03. The quantitative estimate of drug-likeness (QED) is 0.912. The second-order valence-corrected chi connectivity index (χ2v) is 5.53. The zero-order chi connectivity index (χ0) is 13.5. The number of hydrogen-bond donors (Lipinski definition) is 1. The Morgan fingerprint density at radius 3 is 2.53 bits per heavy atom. The maximum atomic E-state index is 6.19. The van der Waals surface area contributed by atoms with Crippen molar-refractivity contribution in [3.63, 3.8) is 0 Å². The Morgan fingerprint density at radius 1 is 1.26 bits per heavy atom. The summed E-state index contributed by atoms with van der Waals surface area (Å²) in [5, 5.41) is 4.73. The molecule has 0 unspecified atom stereocenters. The van der Waals surface area contributed by atoms with Gasteiger partial charge < -0.3 is 5.73 Å². The van der Waals surface area contributed by atoms with E-state index in [0.717, 1.165) is 18.7 Å². The van der Waals surface area contributed by atoms with Crippen LogP contribution in [0, 0.1) is 0 Å². The fourth-order valence-corrected chi connectivity index (χ4v) is 3.01. The first kappa shape index (κ1) is 12.3. The summed E-state index contributed by atoms with van der Waals surface area (Å²) in [6.07, 6.45) is 4.49. The van der Waals surface area contributed by atoms with Crippen molar-refractivity contribution < 1.29 is 0 Å². The molecule has 0 aliphatic heterocycles. The molecule has 1 aliphatic rings. The lowest BCUT2D eigenvalue weighted by Crippen LogP contribution is -2.12. The molecule has 1 aliphatic carbocycles. The topological polar surface area (TPSA) is 43.8 Å². The lowest BCUT2D eigenvalue weighted by atomic mass is 9.89. The van der Waals surface area contributed by atoms with Crippen LogP contribution in [0.25, 0.3) is 0 Å². The van der Waals surface area contributed by atoms with Gasteiger partial charge in [0.25, 0.3) is 0 Å². The highest BCUT2D eigenvalue weighted by molar-refractivity contribution is 5.53. The van der Waals surface area contributed by atoms with Crippen molar-refractivity contribution in [3.8, 4) is 0 Å². The maximum absolute atomic E-state index is 6.19. The Labute approximate surface area is 114 Å². The number of rotatable bonds is 4. The maximum Gasteiger partial charge on any atom is 0.124 e. The van der Waals surface area contributed by atoms with Crippen molar-refractivity contribution in [1.82, 2.24) is 9.78 Å². The zero-order valence-electron chi connectivity index (χ0n) is 11.7. The largest absolute Gasteiger partial charge is 0.384 e. The summed E-state index contributed by atoms with van der Waals surface area (Å²) in [5.74, 6) is 0.832. The molecule has 0 saturated heterocycles. The van der Waals surface area contributed by atoms with Gasteiger partial charge in [-0.05, 0) is 24.8 Å². The molecule has 0 atom stereocenters. The smallest absolute Gasteiger partial charge is 0.124 e. The molecule has 1 fully saturated rings. The van der Waals surface area contributed by atoms with Crippen molar-refractivity contribution in [2.45, 2.75) is 38.0 Å². The average Bonchev–Trinajstić information content (AvgIpc) is 3.19. The Kier molecular flexibility index (Phi) is 2.85. The van der Waals surface area contributed by atoms with Gasteiger partial charge in [0, 0.05) is 18.0 Å². The van der Waals surface area contributed by atoms with E-state index in [2.05, 4.69) is 37.3 Å². The monoisotopic (exact) mass is 255 g/mol. The second kappa shape index (κ2) is 4.41. The Hall–Kier alpha value is -1.77. The minimum atomic E-state index is 0.126. The van der Waals surface area contributed by atoms with Crippen LogP contribution in [0.15, 0.2) is 30.3 Å². The van der Waals surface area contributed by atoms with Crippen molar-refractivity contribution in [3.05, 3.63) is 47.2 Å². The van der Waals surface area contributed by atoms with E-state index in [-0.39, 0.29) is 5.41 Å². The molecule has 2 N–H and O–H groups in total. The molecule has 0 bridgehead atoms. The molecule has 19 heavy (non-hydrogen) atoms. The van der Waals surface area contributed by atoms with Gasteiger partial charge in [0.05, 0.1) is 5.69 Å². The summed E-state index contributed by atoms with van der Waals surface area (Å²) in [6.45, 7) is 2.19. The molecule has 0 amide bonds. The number of nitrogens with zero attached hydrogens (tertiary/aromatic N) is 2. The van der Waals surface area contributed by atoms with Gasteiger partial charge in [-0.1, -0.05) is 43.7 Å². The highest BCUT2D eigenvalue weighted by Crippen LogP contribution is 2.54. The highest BCUT2D eigenvalue weighted by atomic mass is 15.3. The Bertz CT molecular complexity index is 580. The Balaban J connectivity index is 2.10. The van der Waals surface area contributed by atoms with Crippen molar-refractivity contribution in [1.29, 1.82) is 0 Å². The normalized spacial score (nSPS) is 16.5. The number of nitrogen functional groups attached to an aromatic ring is 1. The molecule has 1 aromatic carbocycles. The fraction of sp³-hybridized carbons (Fsp3) is 0.438. The number of benzene rings is 1. The zero-order valence-corrected chi connectivity index (χ0v) is 11.7. The van der Waals surface area contributed by atoms with E-state index in [1.807, 2.05) is 11.7 Å². The molecular formula is C16H21N3. The van der Waals surface area contributed by atoms with Gasteiger partial charge in [-0.3, -0.25) is 4.68 Å². The number of nitrogens with two attached hydrogens (primary N) is 1. The summed E-state index contributed by atoms with van der Waals surface area (Å²) >= 11 is 0. The van der Waals surface area contributed by atoms with E-state index in [0.29, 0.717) is 0 Å². The van der Waals surface area contributed by atoms with Gasteiger partial charge in [0.15, 0.2) is 0 Å². The van der Waals surface area contributed by atoms with Crippen LogP contribution >= 0.6 is 0 Å². The van der Waals surface area contributed by atoms with Gasteiger partial charge >= 0.3 is 0 Å². The average molecular weight is 255 g/mol. The van der Waals surface area contributed by atoms with Gasteiger partial charge in [-0.15, -0.1) is 0 Å². The van der Waals surface area contributed by atoms with E-state index < -0.39 is 0 Å². The molecule has 3 rings (SSSR count). The van der Waals surface area contributed by atoms with Gasteiger partial charge in [0.1, 0.15) is 5.82 Å². The molecule has 3 heteroatoms. The van der Waals surface area contributed by atoms with Crippen molar-refractivity contribution >= 4 is 5.82 Å². The summed E-state index contributed by atoms with van der Waals surface area (Å²) in [5.41, 5.74) is 10.2. The number of aryl methyl sites for hydroxylation is 1. The minimum Gasteiger partial charge on any atom is -0.384 e. The molecule has 1 aromatic heterocycles. The van der Waals surface area contributed by atoms with Crippen LogP contribution in [0.2, 0.25) is 0 Å². The second-order valence-electron chi connectivity index (χ2n) is 5.53. The predicted molar refractivity (Wildman–Crippen MR) is 78.1 cm³/mol. The lowest BCUT2D eigenvalue weighted by Gasteiger charge is -2.15. The molecule has 1 heterocycles. The fourth-order valence-electron chi connectivity index (χ4n) is 3.01. The Morgan fingerprint density at radius 2 is 1.95 bits per heavy atom. The van der Waals surface area contributed by atoms with E-state index in [1.54, 1.807) is 0 Å². The third-order valence-corrected chi connectivity index (χ3v) is 4.22. The van der Waals surface area contributed by atoms with E-state index in [1.165, 1.54) is 29.7 Å². The van der Waals surface area contributed by atoms with Crippen LogP contribution in [-0.2, 0) is 18.9 Å². The van der Waals surface area contributed by atoms with Crippen LogP contribution in [0.5, 0.6) is 0 Å².